The number of pyridine rings is 1. The fraction of sp³-hybridized carbons (Fsp3) is 0.0556. The van der Waals surface area contributed by atoms with Gasteiger partial charge < -0.3 is 8.98 Å². The Labute approximate surface area is 147 Å². The highest BCUT2D eigenvalue weighted by Crippen LogP contribution is 2.24. The van der Waals surface area contributed by atoms with Crippen molar-refractivity contribution < 1.29 is 18.4 Å². The van der Waals surface area contributed by atoms with Crippen LogP contribution in [-0.4, -0.2) is 16.4 Å². The molecule has 3 rings (SSSR count). The number of amides is 2. The largest absolute Gasteiger partial charge is 0.451 e. The van der Waals surface area contributed by atoms with Crippen molar-refractivity contribution in [3.8, 4) is 11.3 Å². The van der Waals surface area contributed by atoms with Crippen LogP contribution in [0.2, 0.25) is 0 Å². The van der Waals surface area contributed by atoms with Crippen LogP contribution in [0.3, 0.4) is 0 Å². The molecule has 2 heterocycles. The second-order valence-corrected chi connectivity index (χ2v) is 5.31. The fourth-order valence-corrected chi connectivity index (χ4v) is 2.24. The summed E-state index contributed by atoms with van der Waals surface area (Å²) in [5, 5.41) is 0. The molecule has 2 amide bonds. The molecule has 0 bridgehead atoms. The first-order chi connectivity index (χ1) is 12.5. The third-order valence-corrected chi connectivity index (χ3v) is 3.50. The standard InChI is InChI=1S/C18H14FN3O4/c19-13-6-2-1-5-12(13)14-8-9-15(26-14)18(25)21-20-16(23)11-22-10-4-3-7-17(22)24/h1-10H,11H2,(H,20,23)(H,21,25). The summed E-state index contributed by atoms with van der Waals surface area (Å²) in [5.41, 5.74) is 4.24. The first-order valence-corrected chi connectivity index (χ1v) is 7.64. The van der Waals surface area contributed by atoms with E-state index in [0.717, 1.165) is 0 Å². The Bertz CT molecular complexity index is 1010. The maximum absolute atomic E-state index is 13.7. The molecular formula is C18H14FN3O4. The highest BCUT2D eigenvalue weighted by Gasteiger charge is 2.15. The van der Waals surface area contributed by atoms with Crippen LogP contribution in [-0.2, 0) is 11.3 Å². The number of hydrogen-bond acceptors (Lipinski definition) is 4. The zero-order chi connectivity index (χ0) is 18.5. The minimum Gasteiger partial charge on any atom is -0.451 e. The predicted octanol–water partition coefficient (Wildman–Crippen LogP) is 1.71. The van der Waals surface area contributed by atoms with Crippen molar-refractivity contribution in [3.05, 3.63) is 82.7 Å². The smallest absolute Gasteiger partial charge is 0.305 e. The maximum Gasteiger partial charge on any atom is 0.305 e. The highest BCUT2D eigenvalue weighted by molar-refractivity contribution is 5.93. The minimum atomic E-state index is -0.707. The summed E-state index contributed by atoms with van der Waals surface area (Å²) >= 11 is 0. The number of aromatic nitrogens is 1. The second kappa shape index (κ2) is 7.47. The van der Waals surface area contributed by atoms with Gasteiger partial charge >= 0.3 is 5.91 Å². The number of hydrazine groups is 1. The molecule has 0 aliphatic heterocycles. The van der Waals surface area contributed by atoms with Gasteiger partial charge in [-0.25, -0.2) is 4.39 Å². The molecule has 0 saturated carbocycles. The van der Waals surface area contributed by atoms with E-state index >= 15 is 0 Å². The zero-order valence-corrected chi connectivity index (χ0v) is 13.4. The minimum absolute atomic E-state index is 0.0968. The summed E-state index contributed by atoms with van der Waals surface area (Å²) in [5.74, 6) is -1.68. The predicted molar refractivity (Wildman–Crippen MR) is 90.4 cm³/mol. The van der Waals surface area contributed by atoms with Gasteiger partial charge in [0, 0.05) is 12.3 Å². The normalized spacial score (nSPS) is 10.3. The summed E-state index contributed by atoms with van der Waals surface area (Å²) in [4.78, 5) is 35.4. The van der Waals surface area contributed by atoms with Gasteiger partial charge in [0.25, 0.3) is 11.5 Å². The number of carbonyl (C=O) groups is 2. The summed E-state index contributed by atoms with van der Waals surface area (Å²) in [6.45, 7) is -0.251. The van der Waals surface area contributed by atoms with Gasteiger partial charge in [-0.2, -0.15) is 0 Å². The van der Waals surface area contributed by atoms with Crippen molar-refractivity contribution >= 4 is 11.8 Å². The summed E-state index contributed by atoms with van der Waals surface area (Å²) in [6.07, 6.45) is 1.46. The van der Waals surface area contributed by atoms with Crippen LogP contribution >= 0.6 is 0 Å². The Kier molecular flexibility index (Phi) is 4.93. The van der Waals surface area contributed by atoms with Crippen molar-refractivity contribution in [1.82, 2.24) is 15.4 Å². The molecule has 26 heavy (non-hydrogen) atoms. The summed E-state index contributed by atoms with van der Waals surface area (Å²) in [6, 6.07) is 13.3. The molecule has 0 saturated heterocycles. The Morgan fingerprint density at radius 1 is 1.00 bits per heavy atom. The molecule has 8 heteroatoms. The molecule has 0 atom stereocenters. The van der Waals surface area contributed by atoms with E-state index in [1.807, 2.05) is 0 Å². The molecule has 0 spiro atoms. The summed E-state index contributed by atoms with van der Waals surface area (Å²) in [7, 11) is 0. The van der Waals surface area contributed by atoms with Gasteiger partial charge in [-0.05, 0) is 30.3 Å². The van der Waals surface area contributed by atoms with Crippen LogP contribution in [0.1, 0.15) is 10.6 Å². The van der Waals surface area contributed by atoms with Gasteiger partial charge in [-0.15, -0.1) is 0 Å². The van der Waals surface area contributed by atoms with E-state index in [-0.39, 0.29) is 29.2 Å². The topological polar surface area (TPSA) is 93.3 Å². The zero-order valence-electron chi connectivity index (χ0n) is 13.4. The lowest BCUT2D eigenvalue weighted by Gasteiger charge is -2.07. The van der Waals surface area contributed by atoms with Crippen molar-refractivity contribution in [2.75, 3.05) is 0 Å². The molecule has 0 aliphatic rings. The lowest BCUT2D eigenvalue weighted by Crippen LogP contribution is -2.44. The van der Waals surface area contributed by atoms with Crippen molar-refractivity contribution in [1.29, 1.82) is 0 Å². The number of nitrogens with zero attached hydrogens (tertiary/aromatic N) is 1. The first-order valence-electron chi connectivity index (χ1n) is 7.64. The van der Waals surface area contributed by atoms with Crippen LogP contribution in [0.15, 0.2) is 70.0 Å². The Balaban J connectivity index is 1.61. The number of nitrogens with one attached hydrogen (secondary N) is 2. The SMILES string of the molecule is O=C(Cn1ccccc1=O)NNC(=O)c1ccc(-c2ccccc2F)o1. The summed E-state index contributed by atoms with van der Waals surface area (Å²) < 4.78 is 20.2. The first kappa shape index (κ1) is 17.2. The number of hydrogen-bond donors (Lipinski definition) is 2. The highest BCUT2D eigenvalue weighted by atomic mass is 19.1. The van der Waals surface area contributed by atoms with E-state index in [1.54, 1.807) is 24.3 Å². The molecule has 132 valence electrons. The van der Waals surface area contributed by atoms with Gasteiger partial charge in [0.15, 0.2) is 5.76 Å². The number of rotatable bonds is 4. The van der Waals surface area contributed by atoms with Crippen LogP contribution in [0.25, 0.3) is 11.3 Å². The molecule has 1 aromatic carbocycles. The van der Waals surface area contributed by atoms with Gasteiger partial charge in [0.05, 0.1) is 5.56 Å². The van der Waals surface area contributed by atoms with Gasteiger partial charge in [0.1, 0.15) is 18.1 Å². The van der Waals surface area contributed by atoms with Gasteiger partial charge in [0.2, 0.25) is 0 Å². The molecule has 2 N–H and O–H groups in total. The monoisotopic (exact) mass is 355 g/mol. The van der Waals surface area contributed by atoms with Crippen molar-refractivity contribution in [3.63, 3.8) is 0 Å². The maximum atomic E-state index is 13.7. The van der Waals surface area contributed by atoms with E-state index in [4.69, 9.17) is 4.42 Å². The average molecular weight is 355 g/mol. The average Bonchev–Trinajstić information content (AvgIpc) is 3.12. The van der Waals surface area contributed by atoms with E-state index in [1.165, 1.54) is 41.1 Å². The number of halogens is 1. The molecule has 7 nitrogen and oxygen atoms in total. The molecule has 0 unspecified atom stereocenters. The lowest BCUT2D eigenvalue weighted by molar-refractivity contribution is -0.122. The van der Waals surface area contributed by atoms with Crippen LogP contribution in [0.5, 0.6) is 0 Å². The Morgan fingerprint density at radius 3 is 2.54 bits per heavy atom. The van der Waals surface area contributed by atoms with Gasteiger partial charge in [-0.1, -0.05) is 18.2 Å². The number of benzene rings is 1. The molecule has 0 aliphatic carbocycles. The number of carbonyl (C=O) groups excluding carboxylic acids is 2. The molecule has 0 radical (unpaired) electrons. The van der Waals surface area contributed by atoms with E-state index < -0.39 is 17.6 Å². The quantitative estimate of drug-likeness (QED) is 0.697. The number of furan rings is 1. The fourth-order valence-electron chi connectivity index (χ4n) is 2.24. The van der Waals surface area contributed by atoms with Crippen molar-refractivity contribution in [2.24, 2.45) is 0 Å². The van der Waals surface area contributed by atoms with E-state index in [0.29, 0.717) is 0 Å². The van der Waals surface area contributed by atoms with Crippen LogP contribution in [0, 0.1) is 5.82 Å². The van der Waals surface area contributed by atoms with Crippen LogP contribution < -0.4 is 16.4 Å². The Hall–Kier alpha value is -3.68. The van der Waals surface area contributed by atoms with E-state index in [2.05, 4.69) is 10.9 Å². The van der Waals surface area contributed by atoms with Crippen LogP contribution in [0.4, 0.5) is 4.39 Å². The molecule has 3 aromatic rings. The third kappa shape index (κ3) is 3.86. The molecular weight excluding hydrogens is 341 g/mol. The molecule has 2 aromatic heterocycles. The van der Waals surface area contributed by atoms with Crippen molar-refractivity contribution in [2.45, 2.75) is 6.54 Å². The second-order valence-electron chi connectivity index (χ2n) is 5.31. The third-order valence-electron chi connectivity index (χ3n) is 3.50. The molecule has 0 fully saturated rings. The lowest BCUT2D eigenvalue weighted by atomic mass is 10.1. The van der Waals surface area contributed by atoms with E-state index in [9.17, 15) is 18.8 Å². The Morgan fingerprint density at radius 2 is 1.77 bits per heavy atom. The van der Waals surface area contributed by atoms with Gasteiger partial charge in [-0.3, -0.25) is 25.2 Å².